The third kappa shape index (κ3) is 14.7. The van der Waals surface area contributed by atoms with Crippen LogP contribution in [0.5, 0.6) is 0 Å². The molecule has 0 saturated carbocycles. The predicted molar refractivity (Wildman–Crippen MR) is 141 cm³/mol. The number of rotatable bonds is 20. The van der Waals surface area contributed by atoms with Crippen LogP contribution < -0.4 is 21.3 Å². The molecular formula is C26H48N4O7. The highest BCUT2D eigenvalue weighted by Crippen LogP contribution is 2.14. The number of aliphatic hydroxyl groups is 2. The first kappa shape index (κ1) is 34.5. The molecule has 11 nitrogen and oxygen atoms in total. The molecule has 11 heteroatoms. The number of carbonyl (C=O) groups is 4. The van der Waals surface area contributed by atoms with Gasteiger partial charge in [0.1, 0.15) is 6.23 Å². The Hall–Kier alpha value is -2.50. The largest absolute Gasteiger partial charge is 0.481 e. The molecule has 0 aliphatic carbocycles. The van der Waals surface area contributed by atoms with Crippen LogP contribution >= 0.6 is 0 Å². The molecule has 0 heterocycles. The van der Waals surface area contributed by atoms with E-state index in [-0.39, 0.29) is 55.8 Å². The minimum Gasteiger partial charge on any atom is -0.481 e. The maximum absolute atomic E-state index is 13.2. The molecule has 3 amide bonds. The first-order valence-corrected chi connectivity index (χ1v) is 13.2. The van der Waals surface area contributed by atoms with E-state index in [0.717, 1.165) is 0 Å². The van der Waals surface area contributed by atoms with E-state index < -0.39 is 42.3 Å². The fraction of sp³-hybridized carbons (Fsp3) is 0.769. The Morgan fingerprint density at radius 3 is 2.14 bits per heavy atom. The van der Waals surface area contributed by atoms with Gasteiger partial charge in [0.25, 0.3) is 0 Å². The van der Waals surface area contributed by atoms with E-state index in [0.29, 0.717) is 19.4 Å². The summed E-state index contributed by atoms with van der Waals surface area (Å²) >= 11 is 0. The minimum atomic E-state index is -1.28. The van der Waals surface area contributed by atoms with Crippen molar-refractivity contribution in [2.45, 2.75) is 110 Å². The predicted octanol–water partition coefficient (Wildman–Crippen LogP) is 1.04. The molecule has 0 aliphatic rings. The Morgan fingerprint density at radius 2 is 1.62 bits per heavy atom. The van der Waals surface area contributed by atoms with Crippen molar-refractivity contribution in [2.75, 3.05) is 6.54 Å². The summed E-state index contributed by atoms with van der Waals surface area (Å²) in [4.78, 5) is 48.2. The summed E-state index contributed by atoms with van der Waals surface area (Å²) in [6.45, 7) is 13.5. The molecule has 6 atom stereocenters. The second kappa shape index (κ2) is 18.7. The van der Waals surface area contributed by atoms with Crippen molar-refractivity contribution in [3.63, 3.8) is 0 Å². The van der Waals surface area contributed by atoms with Crippen molar-refractivity contribution < 1.29 is 34.5 Å². The molecule has 37 heavy (non-hydrogen) atoms. The molecule has 0 bridgehead atoms. The van der Waals surface area contributed by atoms with Crippen molar-refractivity contribution in [3.8, 4) is 0 Å². The SMILES string of the molecule is C=CC[C@H](NC(O)[C@@H](NC(=O)CCCC(=O)O)[C@@H](C)CC)C(=O)N[C@@H](CC(C)C)[C@@H](O)CC(=O)NCC. The van der Waals surface area contributed by atoms with Gasteiger partial charge in [-0.05, 0) is 38.0 Å². The number of nitrogens with one attached hydrogen (secondary N) is 4. The smallest absolute Gasteiger partial charge is 0.303 e. The third-order valence-electron chi connectivity index (χ3n) is 6.10. The molecular weight excluding hydrogens is 480 g/mol. The number of aliphatic carboxylic acids is 1. The maximum atomic E-state index is 13.2. The van der Waals surface area contributed by atoms with Gasteiger partial charge in [-0.25, -0.2) is 0 Å². The standard InChI is InChI=1S/C26H48N4O7/c1-7-11-18(25(36)29-19(14-16(4)5)20(31)15-22(33)27-9-3)28-26(37)24(17(6)8-2)30-21(32)12-10-13-23(34)35/h7,16-20,24,26,28,31,37H,1,8-15H2,2-6H3,(H,27,33)(H,29,36)(H,30,32)(H,34,35)/t17-,18-,19-,20-,24-,26?/m0/s1. The van der Waals surface area contributed by atoms with Gasteiger partial charge in [0.05, 0.1) is 30.7 Å². The number of amides is 3. The molecule has 0 saturated heterocycles. The first-order valence-electron chi connectivity index (χ1n) is 13.2. The van der Waals surface area contributed by atoms with Crippen molar-refractivity contribution in [3.05, 3.63) is 12.7 Å². The summed E-state index contributed by atoms with van der Waals surface area (Å²) in [6.07, 6.45) is 0.294. The fourth-order valence-electron chi connectivity index (χ4n) is 3.88. The molecule has 7 N–H and O–H groups in total. The Kier molecular flexibility index (Phi) is 17.4. The van der Waals surface area contributed by atoms with Gasteiger partial charge in [0, 0.05) is 19.4 Å². The molecule has 0 aromatic carbocycles. The van der Waals surface area contributed by atoms with Crippen LogP contribution in [0, 0.1) is 11.8 Å². The van der Waals surface area contributed by atoms with E-state index >= 15 is 0 Å². The van der Waals surface area contributed by atoms with Crippen LogP contribution in [0.4, 0.5) is 0 Å². The average Bonchev–Trinajstić information content (AvgIpc) is 2.80. The van der Waals surface area contributed by atoms with Crippen molar-refractivity contribution in [2.24, 2.45) is 11.8 Å². The highest BCUT2D eigenvalue weighted by Gasteiger charge is 2.32. The molecule has 0 spiro atoms. The quantitative estimate of drug-likeness (QED) is 0.0905. The van der Waals surface area contributed by atoms with Gasteiger partial charge in [0.15, 0.2) is 0 Å². The zero-order valence-electron chi connectivity index (χ0n) is 23.0. The van der Waals surface area contributed by atoms with Gasteiger partial charge in [-0.3, -0.25) is 24.5 Å². The highest BCUT2D eigenvalue weighted by atomic mass is 16.4. The average molecular weight is 529 g/mol. The van der Waals surface area contributed by atoms with Crippen LogP contribution in [0.3, 0.4) is 0 Å². The normalized spacial score (nSPS) is 16.1. The lowest BCUT2D eigenvalue weighted by Crippen LogP contribution is -2.59. The number of carboxylic acid groups (broad SMARTS) is 1. The molecule has 0 aromatic heterocycles. The Morgan fingerprint density at radius 1 is 0.973 bits per heavy atom. The van der Waals surface area contributed by atoms with Crippen LogP contribution in [0.1, 0.15) is 79.6 Å². The van der Waals surface area contributed by atoms with Crippen LogP contribution in [-0.2, 0) is 19.2 Å². The van der Waals surface area contributed by atoms with Crippen molar-refractivity contribution in [1.82, 2.24) is 21.3 Å². The van der Waals surface area contributed by atoms with Gasteiger partial charge < -0.3 is 31.3 Å². The van der Waals surface area contributed by atoms with E-state index in [1.54, 1.807) is 6.92 Å². The minimum absolute atomic E-state index is 0.00288. The van der Waals surface area contributed by atoms with Gasteiger partial charge in [-0.2, -0.15) is 0 Å². The fourth-order valence-corrected chi connectivity index (χ4v) is 3.88. The summed E-state index contributed by atoms with van der Waals surface area (Å²) in [5, 5.41) is 41.5. The van der Waals surface area contributed by atoms with E-state index in [1.807, 2.05) is 27.7 Å². The van der Waals surface area contributed by atoms with E-state index in [2.05, 4.69) is 27.8 Å². The highest BCUT2D eigenvalue weighted by molar-refractivity contribution is 5.82. The van der Waals surface area contributed by atoms with Gasteiger partial charge in [-0.15, -0.1) is 6.58 Å². The molecule has 0 aromatic rings. The molecule has 0 rings (SSSR count). The monoisotopic (exact) mass is 528 g/mol. The zero-order valence-corrected chi connectivity index (χ0v) is 23.0. The van der Waals surface area contributed by atoms with Crippen LogP contribution in [0.2, 0.25) is 0 Å². The summed E-state index contributed by atoms with van der Waals surface area (Å²) < 4.78 is 0. The van der Waals surface area contributed by atoms with Gasteiger partial charge in [-0.1, -0.05) is 40.2 Å². The second-order valence-electron chi connectivity index (χ2n) is 9.88. The summed E-state index contributed by atoms with van der Waals surface area (Å²) in [5.74, 6) is -2.18. The van der Waals surface area contributed by atoms with E-state index in [9.17, 15) is 29.4 Å². The summed E-state index contributed by atoms with van der Waals surface area (Å²) in [5.41, 5.74) is 0. The molecule has 0 aliphatic heterocycles. The number of carbonyl (C=O) groups excluding carboxylic acids is 3. The Balaban J connectivity index is 5.46. The van der Waals surface area contributed by atoms with Crippen molar-refractivity contribution >= 4 is 23.7 Å². The first-order chi connectivity index (χ1) is 17.4. The van der Waals surface area contributed by atoms with Crippen LogP contribution in [0.15, 0.2) is 12.7 Å². The third-order valence-corrected chi connectivity index (χ3v) is 6.10. The number of carboxylic acids is 1. The van der Waals surface area contributed by atoms with Gasteiger partial charge >= 0.3 is 5.97 Å². The van der Waals surface area contributed by atoms with E-state index in [4.69, 9.17) is 5.11 Å². The number of aliphatic hydroxyl groups excluding tert-OH is 2. The van der Waals surface area contributed by atoms with Crippen molar-refractivity contribution in [1.29, 1.82) is 0 Å². The van der Waals surface area contributed by atoms with Crippen LogP contribution in [0.25, 0.3) is 0 Å². The Labute approximate surface area is 220 Å². The second-order valence-corrected chi connectivity index (χ2v) is 9.88. The maximum Gasteiger partial charge on any atom is 0.303 e. The molecule has 0 radical (unpaired) electrons. The van der Waals surface area contributed by atoms with Gasteiger partial charge in [0.2, 0.25) is 17.7 Å². The summed E-state index contributed by atoms with van der Waals surface area (Å²) in [6, 6.07) is -2.31. The lowest BCUT2D eigenvalue weighted by molar-refractivity contribution is -0.137. The zero-order chi connectivity index (χ0) is 28.5. The number of hydrogen-bond donors (Lipinski definition) is 7. The lowest BCUT2D eigenvalue weighted by Gasteiger charge is -2.33. The topological polar surface area (TPSA) is 177 Å². The lowest BCUT2D eigenvalue weighted by atomic mass is 9.95. The van der Waals surface area contributed by atoms with Crippen LogP contribution in [-0.4, -0.2) is 76.0 Å². The molecule has 1 unspecified atom stereocenters. The Bertz CT molecular complexity index is 732. The molecule has 214 valence electrons. The number of hydrogen-bond acceptors (Lipinski definition) is 7. The molecule has 0 fully saturated rings. The van der Waals surface area contributed by atoms with E-state index in [1.165, 1.54) is 6.08 Å². The summed E-state index contributed by atoms with van der Waals surface area (Å²) in [7, 11) is 0.